The van der Waals surface area contributed by atoms with Gasteiger partial charge in [-0.2, -0.15) is 5.10 Å². The van der Waals surface area contributed by atoms with Gasteiger partial charge < -0.3 is 5.73 Å². The average molecular weight is 340 g/mol. The number of rotatable bonds is 3. The number of aromatic nitrogens is 2. The van der Waals surface area contributed by atoms with Crippen LogP contribution in [0.25, 0.3) is 5.69 Å². The standard InChI is InChI=1S/C13H11BrFN3S/c14-11-8(13(16)19)3-4-10(12(11)15)18-6-5-9(17-18)7-1-2-7/h3-7H,1-2H2,(H2,16,19). The first-order valence-corrected chi connectivity index (χ1v) is 7.12. The predicted octanol–water partition coefficient (Wildman–Crippen LogP) is 3.29. The minimum absolute atomic E-state index is 0.163. The van der Waals surface area contributed by atoms with Crippen molar-refractivity contribution in [2.75, 3.05) is 0 Å². The molecule has 6 heteroatoms. The van der Waals surface area contributed by atoms with Crippen LogP contribution >= 0.6 is 28.1 Å². The fraction of sp³-hybridized carbons (Fsp3) is 0.231. The number of benzene rings is 1. The van der Waals surface area contributed by atoms with Gasteiger partial charge in [0.05, 0.1) is 10.2 Å². The second kappa shape index (κ2) is 4.68. The van der Waals surface area contributed by atoms with Crippen LogP contribution in [0.4, 0.5) is 4.39 Å². The summed E-state index contributed by atoms with van der Waals surface area (Å²) in [7, 11) is 0. The molecule has 98 valence electrons. The van der Waals surface area contributed by atoms with Crippen LogP contribution in [0, 0.1) is 5.82 Å². The summed E-state index contributed by atoms with van der Waals surface area (Å²) in [6.45, 7) is 0. The molecule has 1 fully saturated rings. The highest BCUT2D eigenvalue weighted by atomic mass is 79.9. The second-order valence-corrected chi connectivity index (χ2v) is 5.82. The summed E-state index contributed by atoms with van der Waals surface area (Å²) < 4.78 is 16.1. The maximum atomic E-state index is 14.3. The molecule has 0 amide bonds. The molecule has 1 aliphatic rings. The molecule has 0 saturated heterocycles. The number of hydrogen-bond donors (Lipinski definition) is 1. The van der Waals surface area contributed by atoms with Gasteiger partial charge in [-0.25, -0.2) is 9.07 Å². The highest BCUT2D eigenvalue weighted by Crippen LogP contribution is 2.39. The largest absolute Gasteiger partial charge is 0.389 e. The molecule has 1 saturated carbocycles. The van der Waals surface area contributed by atoms with E-state index in [9.17, 15) is 4.39 Å². The Hall–Kier alpha value is -1.27. The Bertz CT molecular complexity index is 664. The molecule has 1 aromatic heterocycles. The van der Waals surface area contributed by atoms with Crippen molar-refractivity contribution in [1.29, 1.82) is 0 Å². The summed E-state index contributed by atoms with van der Waals surface area (Å²) in [6, 6.07) is 5.27. The van der Waals surface area contributed by atoms with Gasteiger partial charge in [0.1, 0.15) is 10.7 Å². The first-order valence-electron chi connectivity index (χ1n) is 5.91. The van der Waals surface area contributed by atoms with Gasteiger partial charge >= 0.3 is 0 Å². The molecule has 0 aliphatic heterocycles. The molecule has 1 heterocycles. The van der Waals surface area contributed by atoms with Gasteiger partial charge in [-0.05, 0) is 47.0 Å². The summed E-state index contributed by atoms with van der Waals surface area (Å²) in [4.78, 5) is 0.163. The average Bonchev–Trinajstić information content (AvgIpc) is 3.11. The maximum Gasteiger partial charge on any atom is 0.163 e. The van der Waals surface area contributed by atoms with Gasteiger partial charge in [-0.1, -0.05) is 12.2 Å². The zero-order valence-corrected chi connectivity index (χ0v) is 12.3. The molecule has 3 nitrogen and oxygen atoms in total. The van der Waals surface area contributed by atoms with Crippen molar-refractivity contribution >= 4 is 33.1 Å². The van der Waals surface area contributed by atoms with Crippen LogP contribution in [0.1, 0.15) is 30.0 Å². The summed E-state index contributed by atoms with van der Waals surface area (Å²) in [5, 5.41) is 4.41. The molecular weight excluding hydrogens is 329 g/mol. The van der Waals surface area contributed by atoms with E-state index >= 15 is 0 Å². The fourth-order valence-electron chi connectivity index (χ4n) is 1.98. The van der Waals surface area contributed by atoms with Gasteiger partial charge in [0, 0.05) is 17.7 Å². The van der Waals surface area contributed by atoms with E-state index in [-0.39, 0.29) is 9.46 Å². The van der Waals surface area contributed by atoms with Crippen LogP contribution < -0.4 is 5.73 Å². The minimum Gasteiger partial charge on any atom is -0.389 e. The zero-order valence-electron chi connectivity index (χ0n) is 9.94. The lowest BCUT2D eigenvalue weighted by Crippen LogP contribution is -2.12. The predicted molar refractivity (Wildman–Crippen MR) is 79.1 cm³/mol. The molecular formula is C13H11BrFN3S. The number of nitrogens with two attached hydrogens (primary N) is 1. The number of thiocarbonyl (C=S) groups is 1. The van der Waals surface area contributed by atoms with Crippen molar-refractivity contribution in [3.63, 3.8) is 0 Å². The Morgan fingerprint density at radius 1 is 1.42 bits per heavy atom. The van der Waals surface area contributed by atoms with Crippen LogP contribution in [0.2, 0.25) is 0 Å². The van der Waals surface area contributed by atoms with E-state index in [4.69, 9.17) is 18.0 Å². The van der Waals surface area contributed by atoms with E-state index in [1.165, 1.54) is 12.8 Å². The molecule has 0 atom stereocenters. The lowest BCUT2D eigenvalue weighted by atomic mass is 10.2. The van der Waals surface area contributed by atoms with Crippen molar-refractivity contribution in [1.82, 2.24) is 9.78 Å². The Morgan fingerprint density at radius 3 is 2.79 bits per heavy atom. The molecule has 2 N–H and O–H groups in total. The van der Waals surface area contributed by atoms with Crippen molar-refractivity contribution in [2.45, 2.75) is 18.8 Å². The second-order valence-electron chi connectivity index (χ2n) is 4.58. The van der Waals surface area contributed by atoms with E-state index in [1.807, 2.05) is 6.07 Å². The van der Waals surface area contributed by atoms with Gasteiger partial charge in [0.25, 0.3) is 0 Å². The highest BCUT2D eigenvalue weighted by molar-refractivity contribution is 9.10. The summed E-state index contributed by atoms with van der Waals surface area (Å²) in [5.74, 6) is 0.138. The summed E-state index contributed by atoms with van der Waals surface area (Å²) in [6.07, 6.45) is 4.12. The fourth-order valence-corrected chi connectivity index (χ4v) is 2.83. The number of halogens is 2. The SMILES string of the molecule is NC(=S)c1ccc(-n2ccc(C3CC3)n2)c(F)c1Br. The van der Waals surface area contributed by atoms with Gasteiger partial charge in [0.2, 0.25) is 0 Å². The molecule has 1 aliphatic carbocycles. The third-order valence-electron chi connectivity index (χ3n) is 3.18. The topological polar surface area (TPSA) is 43.8 Å². The third-order valence-corrected chi connectivity index (χ3v) is 4.17. The Balaban J connectivity index is 2.04. The normalized spacial score (nSPS) is 14.6. The molecule has 19 heavy (non-hydrogen) atoms. The quantitative estimate of drug-likeness (QED) is 0.872. The van der Waals surface area contributed by atoms with Crippen LogP contribution in [-0.4, -0.2) is 14.8 Å². The van der Waals surface area contributed by atoms with Gasteiger partial charge in [-0.15, -0.1) is 0 Å². The zero-order chi connectivity index (χ0) is 13.6. The lowest BCUT2D eigenvalue weighted by Gasteiger charge is -2.08. The molecule has 0 bridgehead atoms. The van der Waals surface area contributed by atoms with E-state index in [0.29, 0.717) is 17.2 Å². The van der Waals surface area contributed by atoms with Crippen molar-refractivity contribution < 1.29 is 4.39 Å². The third kappa shape index (κ3) is 2.30. The van der Waals surface area contributed by atoms with E-state index in [2.05, 4.69) is 21.0 Å². The number of nitrogens with zero attached hydrogens (tertiary/aromatic N) is 2. The summed E-state index contributed by atoms with van der Waals surface area (Å²) >= 11 is 8.07. The van der Waals surface area contributed by atoms with Crippen molar-refractivity contribution in [3.8, 4) is 5.69 Å². The van der Waals surface area contributed by atoms with Crippen LogP contribution in [-0.2, 0) is 0 Å². The monoisotopic (exact) mass is 339 g/mol. The van der Waals surface area contributed by atoms with E-state index in [0.717, 1.165) is 5.69 Å². The molecule has 2 aromatic rings. The first kappa shape index (κ1) is 12.7. The molecule has 0 radical (unpaired) electrons. The van der Waals surface area contributed by atoms with Gasteiger partial charge in [0.15, 0.2) is 5.82 Å². The highest BCUT2D eigenvalue weighted by Gasteiger charge is 2.26. The number of hydrogen-bond acceptors (Lipinski definition) is 2. The van der Waals surface area contributed by atoms with Crippen LogP contribution in [0.3, 0.4) is 0 Å². The van der Waals surface area contributed by atoms with Gasteiger partial charge in [-0.3, -0.25) is 0 Å². The summed E-state index contributed by atoms with van der Waals surface area (Å²) in [5.41, 5.74) is 7.44. The maximum absolute atomic E-state index is 14.3. The Morgan fingerprint density at radius 2 is 2.16 bits per heavy atom. The molecule has 0 unspecified atom stereocenters. The minimum atomic E-state index is -0.407. The van der Waals surface area contributed by atoms with Crippen molar-refractivity contribution in [2.24, 2.45) is 5.73 Å². The Labute approximate surface area is 123 Å². The van der Waals surface area contributed by atoms with E-state index < -0.39 is 5.82 Å². The smallest absolute Gasteiger partial charge is 0.163 e. The van der Waals surface area contributed by atoms with Crippen LogP contribution in [0.5, 0.6) is 0 Å². The van der Waals surface area contributed by atoms with Crippen molar-refractivity contribution in [3.05, 3.63) is 45.9 Å². The van der Waals surface area contributed by atoms with E-state index in [1.54, 1.807) is 23.0 Å². The lowest BCUT2D eigenvalue weighted by molar-refractivity contribution is 0.603. The van der Waals surface area contributed by atoms with Crippen LogP contribution in [0.15, 0.2) is 28.9 Å². The first-order chi connectivity index (χ1) is 9.08. The molecule has 1 aromatic carbocycles. The molecule has 3 rings (SSSR count). The molecule has 0 spiro atoms. The Kier molecular flexibility index (Phi) is 3.14.